The average molecular weight is 412 g/mol. The highest BCUT2D eigenvalue weighted by Crippen LogP contribution is 2.31. The van der Waals surface area contributed by atoms with Crippen LogP contribution in [0.15, 0.2) is 48.5 Å². The third-order valence-corrected chi connectivity index (χ3v) is 5.18. The van der Waals surface area contributed by atoms with Crippen molar-refractivity contribution in [3.05, 3.63) is 54.3 Å². The molecule has 0 saturated heterocycles. The number of hydrogen-bond acceptors (Lipinski definition) is 4. The lowest BCUT2D eigenvalue weighted by Gasteiger charge is -2.31. The molecule has 1 aliphatic rings. The molecule has 0 aromatic heterocycles. The van der Waals surface area contributed by atoms with Gasteiger partial charge in [0.25, 0.3) is 0 Å². The Bertz CT molecular complexity index is 965. The average Bonchev–Trinajstić information content (AvgIpc) is 2.83. The number of likely N-dealkylation sites (N-methyl/N-ethyl adjacent to an activating group) is 1. The summed E-state index contributed by atoms with van der Waals surface area (Å²) >= 11 is 0. The normalized spacial score (nSPS) is 17.0. The van der Waals surface area contributed by atoms with Crippen molar-refractivity contribution in [1.29, 1.82) is 0 Å². The van der Waals surface area contributed by atoms with Crippen LogP contribution in [0.5, 0.6) is 0 Å². The molecule has 2 N–H and O–H groups in total. The Morgan fingerprint density at radius 3 is 2.63 bits per heavy atom. The first kappa shape index (κ1) is 21.4. The SMILES string of the molecule is CC(C(=O)Nc1ccccc1F)N(C)CC(=O)N1c2ccccc2NC(=O)CC1C. The number of hydrogen-bond donors (Lipinski definition) is 2. The van der Waals surface area contributed by atoms with Crippen LogP contribution in [0, 0.1) is 5.82 Å². The zero-order valence-corrected chi connectivity index (χ0v) is 17.2. The number of anilines is 3. The summed E-state index contributed by atoms with van der Waals surface area (Å²) in [5.41, 5.74) is 1.29. The number of carbonyl (C=O) groups is 3. The van der Waals surface area contributed by atoms with E-state index in [-0.39, 0.29) is 36.5 Å². The number of benzene rings is 2. The first-order valence-electron chi connectivity index (χ1n) is 9.74. The van der Waals surface area contributed by atoms with E-state index in [2.05, 4.69) is 10.6 Å². The van der Waals surface area contributed by atoms with Gasteiger partial charge in [0.15, 0.2) is 0 Å². The number of carbonyl (C=O) groups excluding carboxylic acids is 3. The molecule has 2 atom stereocenters. The van der Waals surface area contributed by atoms with Crippen LogP contribution in [-0.4, -0.2) is 48.3 Å². The Hall–Kier alpha value is -3.26. The van der Waals surface area contributed by atoms with Crippen LogP contribution in [0.2, 0.25) is 0 Å². The molecule has 30 heavy (non-hydrogen) atoms. The lowest BCUT2D eigenvalue weighted by atomic mass is 10.1. The number of halogens is 1. The van der Waals surface area contributed by atoms with E-state index in [1.807, 2.05) is 6.92 Å². The predicted molar refractivity (Wildman–Crippen MR) is 114 cm³/mol. The third kappa shape index (κ3) is 4.65. The molecular formula is C22H25FN4O3. The van der Waals surface area contributed by atoms with Gasteiger partial charge in [-0.25, -0.2) is 4.39 Å². The minimum atomic E-state index is -0.675. The maximum Gasteiger partial charge on any atom is 0.241 e. The fraction of sp³-hybridized carbons (Fsp3) is 0.318. The molecule has 3 rings (SSSR count). The molecule has 158 valence electrons. The number of fused-ring (bicyclic) bond motifs is 1. The second-order valence-electron chi connectivity index (χ2n) is 7.44. The molecule has 8 heteroatoms. The van der Waals surface area contributed by atoms with E-state index in [1.165, 1.54) is 12.1 Å². The summed E-state index contributed by atoms with van der Waals surface area (Å²) in [6, 6.07) is 12.0. The van der Waals surface area contributed by atoms with Gasteiger partial charge in [0.1, 0.15) is 5.82 Å². The van der Waals surface area contributed by atoms with Crippen molar-refractivity contribution in [2.24, 2.45) is 0 Å². The van der Waals surface area contributed by atoms with Gasteiger partial charge in [-0.05, 0) is 45.2 Å². The van der Waals surface area contributed by atoms with Gasteiger partial charge in [-0.15, -0.1) is 0 Å². The zero-order chi connectivity index (χ0) is 21.8. The topological polar surface area (TPSA) is 81.8 Å². The Balaban J connectivity index is 1.72. The second kappa shape index (κ2) is 9.04. The van der Waals surface area contributed by atoms with Crippen LogP contribution in [-0.2, 0) is 14.4 Å². The van der Waals surface area contributed by atoms with E-state index < -0.39 is 17.8 Å². The van der Waals surface area contributed by atoms with E-state index in [0.717, 1.165) is 0 Å². The second-order valence-corrected chi connectivity index (χ2v) is 7.44. The highest BCUT2D eigenvalue weighted by molar-refractivity contribution is 6.05. The Morgan fingerprint density at radius 1 is 1.23 bits per heavy atom. The van der Waals surface area contributed by atoms with E-state index in [1.54, 1.807) is 60.2 Å². The van der Waals surface area contributed by atoms with Crippen molar-refractivity contribution in [1.82, 2.24) is 4.90 Å². The summed E-state index contributed by atoms with van der Waals surface area (Å²) in [4.78, 5) is 40.9. The van der Waals surface area contributed by atoms with Gasteiger partial charge >= 0.3 is 0 Å². The van der Waals surface area contributed by atoms with Gasteiger partial charge in [-0.2, -0.15) is 0 Å². The Kier molecular flexibility index (Phi) is 6.47. The molecule has 0 saturated carbocycles. The van der Waals surface area contributed by atoms with Crippen LogP contribution >= 0.6 is 0 Å². The summed E-state index contributed by atoms with van der Waals surface area (Å²) in [6.45, 7) is 3.42. The number of nitrogens with zero attached hydrogens (tertiary/aromatic N) is 2. The molecule has 0 fully saturated rings. The van der Waals surface area contributed by atoms with Crippen LogP contribution in [0.3, 0.4) is 0 Å². The summed E-state index contributed by atoms with van der Waals surface area (Å²) in [7, 11) is 1.65. The van der Waals surface area contributed by atoms with E-state index in [0.29, 0.717) is 11.4 Å². The van der Waals surface area contributed by atoms with Gasteiger partial charge in [-0.1, -0.05) is 24.3 Å². The van der Waals surface area contributed by atoms with E-state index in [4.69, 9.17) is 0 Å². The van der Waals surface area contributed by atoms with Crippen LogP contribution in [0.25, 0.3) is 0 Å². The molecule has 3 amide bonds. The van der Waals surface area contributed by atoms with Crippen molar-refractivity contribution < 1.29 is 18.8 Å². The number of rotatable bonds is 5. The van der Waals surface area contributed by atoms with Crippen molar-refractivity contribution in [3.8, 4) is 0 Å². The molecule has 2 unspecified atom stereocenters. The molecule has 7 nitrogen and oxygen atoms in total. The van der Waals surface area contributed by atoms with E-state index in [9.17, 15) is 18.8 Å². The number of nitrogens with one attached hydrogen (secondary N) is 2. The standard InChI is InChI=1S/C22H25FN4O3/c1-14-12-20(28)24-18-10-6-7-11-19(18)27(14)21(29)13-26(3)15(2)22(30)25-17-9-5-4-8-16(17)23/h4-11,14-15H,12-13H2,1-3H3,(H,24,28)(H,25,30). The molecule has 2 aromatic rings. The van der Waals surface area contributed by atoms with Crippen molar-refractivity contribution in [2.75, 3.05) is 29.1 Å². The van der Waals surface area contributed by atoms with Crippen molar-refractivity contribution in [2.45, 2.75) is 32.4 Å². The van der Waals surface area contributed by atoms with Crippen LogP contribution in [0.4, 0.5) is 21.5 Å². The van der Waals surface area contributed by atoms with Gasteiger partial charge in [0.2, 0.25) is 17.7 Å². The fourth-order valence-electron chi connectivity index (χ4n) is 3.39. The lowest BCUT2D eigenvalue weighted by Crippen LogP contribution is -2.48. The maximum atomic E-state index is 13.8. The zero-order valence-electron chi connectivity index (χ0n) is 17.2. The maximum absolute atomic E-state index is 13.8. The Morgan fingerprint density at radius 2 is 1.90 bits per heavy atom. The van der Waals surface area contributed by atoms with Gasteiger partial charge in [0.05, 0.1) is 29.6 Å². The first-order chi connectivity index (χ1) is 14.3. The molecule has 2 aromatic carbocycles. The van der Waals surface area contributed by atoms with Gasteiger partial charge in [-0.3, -0.25) is 19.3 Å². The van der Waals surface area contributed by atoms with Crippen molar-refractivity contribution in [3.63, 3.8) is 0 Å². The molecule has 1 aliphatic heterocycles. The highest BCUT2D eigenvalue weighted by Gasteiger charge is 2.31. The monoisotopic (exact) mass is 412 g/mol. The summed E-state index contributed by atoms with van der Waals surface area (Å²) in [5.74, 6) is -1.34. The van der Waals surface area contributed by atoms with Crippen LogP contribution in [0.1, 0.15) is 20.3 Å². The quantitative estimate of drug-likeness (QED) is 0.791. The first-order valence-corrected chi connectivity index (χ1v) is 9.74. The Labute approximate surface area is 174 Å². The lowest BCUT2D eigenvalue weighted by molar-refractivity contribution is -0.123. The minimum absolute atomic E-state index is 0.0429. The number of amides is 3. The summed E-state index contributed by atoms with van der Waals surface area (Å²) in [6.07, 6.45) is 0.174. The minimum Gasteiger partial charge on any atom is -0.324 e. The third-order valence-electron chi connectivity index (χ3n) is 5.18. The molecule has 0 bridgehead atoms. The summed E-state index contributed by atoms with van der Waals surface area (Å²) < 4.78 is 13.8. The van der Waals surface area contributed by atoms with Gasteiger partial charge in [0, 0.05) is 12.5 Å². The van der Waals surface area contributed by atoms with Crippen molar-refractivity contribution >= 4 is 34.8 Å². The van der Waals surface area contributed by atoms with Crippen LogP contribution < -0.4 is 15.5 Å². The molecular weight excluding hydrogens is 387 g/mol. The molecule has 0 spiro atoms. The smallest absolute Gasteiger partial charge is 0.241 e. The number of para-hydroxylation sites is 3. The molecule has 1 heterocycles. The predicted octanol–water partition coefficient (Wildman–Crippen LogP) is 2.85. The summed E-state index contributed by atoms with van der Waals surface area (Å²) in [5, 5.41) is 5.37. The fourth-order valence-corrected chi connectivity index (χ4v) is 3.39. The van der Waals surface area contributed by atoms with E-state index >= 15 is 0 Å². The van der Waals surface area contributed by atoms with Gasteiger partial charge < -0.3 is 15.5 Å². The highest BCUT2D eigenvalue weighted by atomic mass is 19.1. The molecule has 0 radical (unpaired) electrons. The largest absolute Gasteiger partial charge is 0.324 e. The molecule has 0 aliphatic carbocycles.